The monoisotopic (exact) mass is 470 g/mol. The first kappa shape index (κ1) is 26.2. The Labute approximate surface area is 205 Å². The molecule has 1 aromatic carbocycles. The number of aliphatic hydroxyl groups is 1. The van der Waals surface area contributed by atoms with E-state index in [9.17, 15) is 5.11 Å². The molecule has 0 amide bonds. The number of nitrogens with zero attached hydrogens (tertiary/aromatic N) is 4. The first-order chi connectivity index (χ1) is 16.4. The van der Waals surface area contributed by atoms with E-state index in [-0.39, 0.29) is 6.10 Å². The SMILES string of the molecule is CCCN(CCC)c1c(C)nc(-c2c(C)cc(C)cc2OCCN2CCCC(O)C2)nc1OC. The fourth-order valence-electron chi connectivity index (χ4n) is 4.88. The molecule has 7 heteroatoms. The average Bonchev–Trinajstić information content (AvgIpc) is 2.78. The summed E-state index contributed by atoms with van der Waals surface area (Å²) in [5.41, 5.74) is 5.02. The molecule has 1 aliphatic heterocycles. The number of likely N-dealkylation sites (tertiary alicyclic amines) is 1. The van der Waals surface area contributed by atoms with Crippen molar-refractivity contribution in [3.05, 3.63) is 29.0 Å². The molecule has 2 aromatic rings. The molecular formula is C27H42N4O3. The van der Waals surface area contributed by atoms with Gasteiger partial charge in [0.05, 0.1) is 24.5 Å². The van der Waals surface area contributed by atoms with Crippen LogP contribution >= 0.6 is 0 Å². The fourth-order valence-corrected chi connectivity index (χ4v) is 4.88. The van der Waals surface area contributed by atoms with Crippen LogP contribution in [0.2, 0.25) is 0 Å². The van der Waals surface area contributed by atoms with Crippen molar-refractivity contribution in [1.29, 1.82) is 0 Å². The molecular weight excluding hydrogens is 428 g/mol. The summed E-state index contributed by atoms with van der Waals surface area (Å²) in [4.78, 5) is 14.4. The molecule has 0 spiro atoms. The van der Waals surface area contributed by atoms with E-state index in [0.29, 0.717) is 18.3 Å². The molecule has 0 radical (unpaired) electrons. The Morgan fingerprint density at radius 2 is 1.85 bits per heavy atom. The van der Waals surface area contributed by atoms with Gasteiger partial charge in [0.2, 0.25) is 5.88 Å². The van der Waals surface area contributed by atoms with Gasteiger partial charge in [0, 0.05) is 26.2 Å². The first-order valence-electron chi connectivity index (χ1n) is 12.7. The second-order valence-corrected chi connectivity index (χ2v) is 9.38. The molecule has 0 saturated carbocycles. The highest BCUT2D eigenvalue weighted by Gasteiger charge is 2.22. The molecule has 0 aliphatic carbocycles. The molecule has 0 bridgehead atoms. The third-order valence-electron chi connectivity index (χ3n) is 6.34. The quantitative estimate of drug-likeness (QED) is 0.517. The van der Waals surface area contributed by atoms with E-state index in [1.807, 2.05) is 6.92 Å². The highest BCUT2D eigenvalue weighted by Crippen LogP contribution is 2.37. The van der Waals surface area contributed by atoms with Gasteiger partial charge in [-0.3, -0.25) is 4.90 Å². The van der Waals surface area contributed by atoms with E-state index in [2.05, 4.69) is 49.6 Å². The molecule has 1 atom stereocenters. The lowest BCUT2D eigenvalue weighted by molar-refractivity contribution is 0.0633. The molecule has 1 saturated heterocycles. The Hall–Kier alpha value is -2.38. The van der Waals surface area contributed by atoms with E-state index < -0.39 is 0 Å². The molecule has 2 heterocycles. The van der Waals surface area contributed by atoms with E-state index in [1.54, 1.807) is 7.11 Å². The first-order valence-corrected chi connectivity index (χ1v) is 12.7. The van der Waals surface area contributed by atoms with Gasteiger partial charge < -0.3 is 19.5 Å². The van der Waals surface area contributed by atoms with Crippen LogP contribution in [0.5, 0.6) is 11.6 Å². The molecule has 1 N–H and O–H groups in total. The van der Waals surface area contributed by atoms with Crippen LogP contribution in [-0.2, 0) is 0 Å². The second kappa shape index (κ2) is 12.4. The number of hydrogen-bond donors (Lipinski definition) is 1. The van der Waals surface area contributed by atoms with Crippen LogP contribution < -0.4 is 14.4 Å². The Kier molecular flexibility index (Phi) is 9.54. The summed E-state index contributed by atoms with van der Waals surface area (Å²) in [5, 5.41) is 9.95. The maximum absolute atomic E-state index is 9.95. The number of aromatic nitrogens is 2. The Balaban J connectivity index is 1.91. The van der Waals surface area contributed by atoms with Crippen LogP contribution in [0.25, 0.3) is 11.4 Å². The Bertz CT molecular complexity index is 944. The summed E-state index contributed by atoms with van der Waals surface area (Å²) in [6.45, 7) is 15.5. The predicted molar refractivity (Wildman–Crippen MR) is 138 cm³/mol. The lowest BCUT2D eigenvalue weighted by Gasteiger charge is -2.30. The fraction of sp³-hybridized carbons (Fsp3) is 0.630. The van der Waals surface area contributed by atoms with Gasteiger partial charge in [-0.1, -0.05) is 19.9 Å². The van der Waals surface area contributed by atoms with Gasteiger partial charge >= 0.3 is 0 Å². The number of benzene rings is 1. The van der Waals surface area contributed by atoms with Gasteiger partial charge in [-0.25, -0.2) is 4.98 Å². The maximum Gasteiger partial charge on any atom is 0.241 e. The van der Waals surface area contributed by atoms with Crippen molar-refractivity contribution in [2.75, 3.05) is 51.3 Å². The summed E-state index contributed by atoms with van der Waals surface area (Å²) in [6, 6.07) is 4.20. The molecule has 34 heavy (non-hydrogen) atoms. The summed E-state index contributed by atoms with van der Waals surface area (Å²) in [7, 11) is 1.68. The van der Waals surface area contributed by atoms with Crippen LogP contribution in [0.3, 0.4) is 0 Å². The molecule has 1 aliphatic rings. The largest absolute Gasteiger partial charge is 0.491 e. The third-order valence-corrected chi connectivity index (χ3v) is 6.34. The Morgan fingerprint density at radius 1 is 1.12 bits per heavy atom. The van der Waals surface area contributed by atoms with Crippen molar-refractivity contribution in [2.45, 2.75) is 66.4 Å². The lowest BCUT2D eigenvalue weighted by Crippen LogP contribution is -2.40. The van der Waals surface area contributed by atoms with Crippen molar-refractivity contribution in [3.63, 3.8) is 0 Å². The molecule has 7 nitrogen and oxygen atoms in total. The lowest BCUT2D eigenvalue weighted by atomic mass is 10.0. The van der Waals surface area contributed by atoms with Gasteiger partial charge in [-0.2, -0.15) is 4.98 Å². The number of hydrogen-bond acceptors (Lipinski definition) is 7. The summed E-state index contributed by atoms with van der Waals surface area (Å²) >= 11 is 0. The minimum Gasteiger partial charge on any atom is -0.491 e. The zero-order valence-corrected chi connectivity index (χ0v) is 21.9. The van der Waals surface area contributed by atoms with E-state index in [0.717, 1.165) is 92.2 Å². The normalized spacial score (nSPS) is 16.5. The van der Waals surface area contributed by atoms with Crippen LogP contribution in [0.4, 0.5) is 5.69 Å². The number of rotatable bonds is 11. The molecule has 188 valence electrons. The van der Waals surface area contributed by atoms with E-state index >= 15 is 0 Å². The van der Waals surface area contributed by atoms with Crippen molar-refractivity contribution in [3.8, 4) is 23.0 Å². The number of ether oxygens (including phenoxy) is 2. The number of β-amino-alcohol motifs (C(OH)–C–C–N with tert-alkyl or cyclic N) is 1. The third kappa shape index (κ3) is 6.39. The van der Waals surface area contributed by atoms with Crippen molar-refractivity contribution < 1.29 is 14.6 Å². The number of aliphatic hydroxyl groups excluding tert-OH is 1. The second-order valence-electron chi connectivity index (χ2n) is 9.38. The van der Waals surface area contributed by atoms with Gasteiger partial charge in [0.1, 0.15) is 18.0 Å². The van der Waals surface area contributed by atoms with Gasteiger partial charge in [0.25, 0.3) is 0 Å². The van der Waals surface area contributed by atoms with Crippen LogP contribution in [0.1, 0.15) is 56.4 Å². The van der Waals surface area contributed by atoms with Crippen molar-refractivity contribution in [2.24, 2.45) is 0 Å². The minimum atomic E-state index is -0.229. The smallest absolute Gasteiger partial charge is 0.241 e. The number of aryl methyl sites for hydroxylation is 3. The molecule has 1 unspecified atom stereocenters. The highest BCUT2D eigenvalue weighted by molar-refractivity contribution is 5.72. The maximum atomic E-state index is 9.95. The predicted octanol–water partition coefficient (Wildman–Crippen LogP) is 4.54. The minimum absolute atomic E-state index is 0.229. The van der Waals surface area contributed by atoms with Gasteiger partial charge in [-0.05, 0) is 70.2 Å². The zero-order valence-electron chi connectivity index (χ0n) is 21.9. The Morgan fingerprint density at radius 3 is 2.50 bits per heavy atom. The number of piperidine rings is 1. The summed E-state index contributed by atoms with van der Waals surface area (Å²) in [6.07, 6.45) is 3.79. The van der Waals surface area contributed by atoms with E-state index in [1.165, 1.54) is 0 Å². The standard InChI is InChI=1S/C27H42N4O3/c1-7-11-31(12-8-2)25-21(5)28-26(29-27(25)33-6)24-20(4)16-19(3)17-23(24)34-15-14-30-13-9-10-22(32)18-30/h16-17,22,32H,7-15,18H2,1-6H3. The van der Waals surface area contributed by atoms with Crippen LogP contribution in [0.15, 0.2) is 12.1 Å². The molecule has 1 aromatic heterocycles. The van der Waals surface area contributed by atoms with Crippen LogP contribution in [0, 0.1) is 20.8 Å². The van der Waals surface area contributed by atoms with E-state index in [4.69, 9.17) is 19.4 Å². The average molecular weight is 471 g/mol. The zero-order chi connectivity index (χ0) is 24.7. The summed E-state index contributed by atoms with van der Waals surface area (Å²) < 4.78 is 12.1. The number of methoxy groups -OCH3 is 1. The van der Waals surface area contributed by atoms with Crippen molar-refractivity contribution >= 4 is 5.69 Å². The molecule has 3 rings (SSSR count). The topological polar surface area (TPSA) is 71.0 Å². The number of anilines is 1. The van der Waals surface area contributed by atoms with Crippen LogP contribution in [-0.4, -0.2) is 72.5 Å². The van der Waals surface area contributed by atoms with Crippen molar-refractivity contribution in [1.82, 2.24) is 14.9 Å². The highest BCUT2D eigenvalue weighted by atomic mass is 16.5. The molecule has 1 fully saturated rings. The van der Waals surface area contributed by atoms with Gasteiger partial charge in [0.15, 0.2) is 5.82 Å². The van der Waals surface area contributed by atoms with Gasteiger partial charge in [-0.15, -0.1) is 0 Å². The summed E-state index contributed by atoms with van der Waals surface area (Å²) in [5.74, 6) is 2.04.